The highest BCUT2D eigenvalue weighted by molar-refractivity contribution is 5.94. The molecule has 17 heavy (non-hydrogen) atoms. The number of amides is 1. The molecule has 0 radical (unpaired) electrons. The second kappa shape index (κ2) is 5.14. The number of carbonyl (C=O) groups is 1. The van der Waals surface area contributed by atoms with Gasteiger partial charge in [0.2, 0.25) is 0 Å². The summed E-state index contributed by atoms with van der Waals surface area (Å²) in [5.74, 6) is -1.34. The fourth-order valence-electron chi connectivity index (χ4n) is 1.93. The SMILES string of the molecule is O=C(NCC1CCCN1)c1ccc(O)cc1F. The van der Waals surface area contributed by atoms with E-state index in [9.17, 15) is 9.18 Å². The Morgan fingerprint density at radius 3 is 3.06 bits per heavy atom. The fourth-order valence-corrected chi connectivity index (χ4v) is 1.93. The monoisotopic (exact) mass is 238 g/mol. The standard InChI is InChI=1S/C12H15FN2O2/c13-11-6-9(16)3-4-10(11)12(17)15-7-8-2-1-5-14-8/h3-4,6,8,14,16H,1-2,5,7H2,(H,15,17). The van der Waals surface area contributed by atoms with Crippen LogP contribution in [0, 0.1) is 5.82 Å². The van der Waals surface area contributed by atoms with Gasteiger partial charge >= 0.3 is 0 Å². The number of hydrogen-bond donors (Lipinski definition) is 3. The summed E-state index contributed by atoms with van der Waals surface area (Å²) in [5.41, 5.74) is -0.0409. The molecule has 3 N–H and O–H groups in total. The summed E-state index contributed by atoms with van der Waals surface area (Å²) in [7, 11) is 0. The van der Waals surface area contributed by atoms with E-state index in [0.717, 1.165) is 25.5 Å². The molecule has 0 aliphatic carbocycles. The van der Waals surface area contributed by atoms with E-state index in [1.54, 1.807) is 0 Å². The highest BCUT2D eigenvalue weighted by Crippen LogP contribution is 2.14. The van der Waals surface area contributed by atoms with Gasteiger partial charge in [0.25, 0.3) is 5.91 Å². The van der Waals surface area contributed by atoms with E-state index < -0.39 is 11.7 Å². The normalized spacial score (nSPS) is 19.2. The lowest BCUT2D eigenvalue weighted by Gasteiger charge is -2.11. The second-order valence-electron chi connectivity index (χ2n) is 4.17. The van der Waals surface area contributed by atoms with E-state index in [4.69, 9.17) is 5.11 Å². The molecule has 1 heterocycles. The van der Waals surface area contributed by atoms with Gasteiger partial charge in [-0.3, -0.25) is 4.79 Å². The second-order valence-corrected chi connectivity index (χ2v) is 4.17. The lowest BCUT2D eigenvalue weighted by atomic mass is 10.1. The first-order valence-corrected chi connectivity index (χ1v) is 5.67. The summed E-state index contributed by atoms with van der Waals surface area (Å²) < 4.78 is 13.4. The highest BCUT2D eigenvalue weighted by Gasteiger charge is 2.17. The van der Waals surface area contributed by atoms with Crippen LogP contribution in [-0.4, -0.2) is 30.1 Å². The molecule has 1 aliphatic rings. The molecule has 1 fully saturated rings. The summed E-state index contributed by atoms with van der Waals surface area (Å²) >= 11 is 0. The lowest BCUT2D eigenvalue weighted by molar-refractivity contribution is 0.0946. The molecule has 1 amide bonds. The van der Waals surface area contributed by atoms with Crippen molar-refractivity contribution in [3.8, 4) is 5.75 Å². The minimum absolute atomic E-state index is 0.0409. The molecule has 2 rings (SSSR count). The maximum absolute atomic E-state index is 13.4. The largest absolute Gasteiger partial charge is 0.508 e. The molecule has 92 valence electrons. The molecule has 1 aromatic carbocycles. The number of halogens is 1. The molecule has 1 aliphatic heterocycles. The van der Waals surface area contributed by atoms with Crippen molar-refractivity contribution in [3.63, 3.8) is 0 Å². The molecule has 0 saturated carbocycles. The van der Waals surface area contributed by atoms with Crippen molar-refractivity contribution in [3.05, 3.63) is 29.6 Å². The van der Waals surface area contributed by atoms with Crippen LogP contribution in [0.3, 0.4) is 0 Å². The van der Waals surface area contributed by atoms with Gasteiger partial charge in [-0.15, -0.1) is 0 Å². The molecule has 5 heteroatoms. The van der Waals surface area contributed by atoms with Gasteiger partial charge in [-0.2, -0.15) is 0 Å². The summed E-state index contributed by atoms with van der Waals surface area (Å²) in [4.78, 5) is 11.7. The Labute approximate surface area is 98.8 Å². The molecular formula is C12H15FN2O2. The predicted octanol–water partition coefficient (Wildman–Crippen LogP) is 1.01. The van der Waals surface area contributed by atoms with Crippen molar-refractivity contribution in [2.75, 3.05) is 13.1 Å². The van der Waals surface area contributed by atoms with E-state index in [1.807, 2.05) is 0 Å². The minimum Gasteiger partial charge on any atom is -0.508 e. The van der Waals surface area contributed by atoms with Gasteiger partial charge in [-0.1, -0.05) is 0 Å². The van der Waals surface area contributed by atoms with Crippen LogP contribution in [0.4, 0.5) is 4.39 Å². The summed E-state index contributed by atoms with van der Waals surface area (Å²) in [6.45, 7) is 1.47. The zero-order chi connectivity index (χ0) is 12.3. The molecular weight excluding hydrogens is 223 g/mol. The predicted molar refractivity (Wildman–Crippen MR) is 61.4 cm³/mol. The number of phenols is 1. The number of hydrogen-bond acceptors (Lipinski definition) is 3. The fraction of sp³-hybridized carbons (Fsp3) is 0.417. The first-order valence-electron chi connectivity index (χ1n) is 5.67. The van der Waals surface area contributed by atoms with Crippen molar-refractivity contribution in [1.82, 2.24) is 10.6 Å². The van der Waals surface area contributed by atoms with Crippen LogP contribution in [0.2, 0.25) is 0 Å². The average Bonchev–Trinajstić information content (AvgIpc) is 2.78. The van der Waals surface area contributed by atoms with Crippen LogP contribution >= 0.6 is 0 Å². The van der Waals surface area contributed by atoms with Crippen LogP contribution in [-0.2, 0) is 0 Å². The lowest BCUT2D eigenvalue weighted by Crippen LogP contribution is -2.37. The van der Waals surface area contributed by atoms with Gasteiger partial charge in [0, 0.05) is 18.7 Å². The molecule has 1 saturated heterocycles. The highest BCUT2D eigenvalue weighted by atomic mass is 19.1. The molecule has 1 atom stereocenters. The molecule has 4 nitrogen and oxygen atoms in total. The maximum Gasteiger partial charge on any atom is 0.254 e. The van der Waals surface area contributed by atoms with Gasteiger partial charge in [-0.25, -0.2) is 4.39 Å². The number of nitrogens with one attached hydrogen (secondary N) is 2. The molecule has 1 aromatic rings. The van der Waals surface area contributed by atoms with Crippen LogP contribution in [0.15, 0.2) is 18.2 Å². The van der Waals surface area contributed by atoms with Crippen molar-refractivity contribution >= 4 is 5.91 Å². The third-order valence-electron chi connectivity index (χ3n) is 2.87. The number of rotatable bonds is 3. The minimum atomic E-state index is -0.707. The van der Waals surface area contributed by atoms with Gasteiger partial charge in [-0.05, 0) is 31.5 Å². The average molecular weight is 238 g/mol. The van der Waals surface area contributed by atoms with Crippen LogP contribution in [0.1, 0.15) is 23.2 Å². The van der Waals surface area contributed by atoms with Crippen molar-refractivity contribution in [2.45, 2.75) is 18.9 Å². The Hall–Kier alpha value is -1.62. The van der Waals surface area contributed by atoms with Crippen molar-refractivity contribution < 1.29 is 14.3 Å². The van der Waals surface area contributed by atoms with Gasteiger partial charge in [0.1, 0.15) is 11.6 Å². The Balaban J connectivity index is 1.94. The number of carbonyl (C=O) groups excluding carboxylic acids is 1. The molecule has 0 spiro atoms. The van der Waals surface area contributed by atoms with E-state index in [-0.39, 0.29) is 17.4 Å². The quantitative estimate of drug-likeness (QED) is 0.736. The van der Waals surface area contributed by atoms with Gasteiger partial charge in [0.05, 0.1) is 5.56 Å². The zero-order valence-corrected chi connectivity index (χ0v) is 9.37. The Bertz CT molecular complexity index is 417. The first-order chi connectivity index (χ1) is 8.16. The topological polar surface area (TPSA) is 61.4 Å². The Kier molecular flexibility index (Phi) is 3.58. The van der Waals surface area contributed by atoms with E-state index in [0.29, 0.717) is 6.54 Å². The first kappa shape index (κ1) is 11.9. The molecule has 0 aromatic heterocycles. The Morgan fingerprint density at radius 2 is 2.41 bits per heavy atom. The van der Waals surface area contributed by atoms with E-state index in [2.05, 4.69) is 10.6 Å². The van der Waals surface area contributed by atoms with E-state index >= 15 is 0 Å². The van der Waals surface area contributed by atoms with Crippen molar-refractivity contribution in [2.24, 2.45) is 0 Å². The van der Waals surface area contributed by atoms with Crippen LogP contribution in [0.5, 0.6) is 5.75 Å². The smallest absolute Gasteiger partial charge is 0.254 e. The summed E-state index contributed by atoms with van der Waals surface area (Å²) in [6.07, 6.45) is 2.13. The third-order valence-corrected chi connectivity index (χ3v) is 2.87. The van der Waals surface area contributed by atoms with E-state index in [1.165, 1.54) is 12.1 Å². The van der Waals surface area contributed by atoms with Crippen molar-refractivity contribution in [1.29, 1.82) is 0 Å². The number of benzene rings is 1. The number of phenolic OH excluding ortho intramolecular Hbond substituents is 1. The number of aromatic hydroxyl groups is 1. The molecule has 0 bridgehead atoms. The Morgan fingerprint density at radius 1 is 1.59 bits per heavy atom. The van der Waals surface area contributed by atoms with Crippen LogP contribution < -0.4 is 10.6 Å². The van der Waals surface area contributed by atoms with Gasteiger partial charge < -0.3 is 15.7 Å². The zero-order valence-electron chi connectivity index (χ0n) is 9.37. The summed E-state index contributed by atoms with van der Waals surface area (Å²) in [5, 5.41) is 15.0. The maximum atomic E-state index is 13.4. The van der Waals surface area contributed by atoms with Gasteiger partial charge in [0.15, 0.2) is 0 Å². The molecule has 1 unspecified atom stereocenters. The summed E-state index contributed by atoms with van der Waals surface area (Å²) in [6, 6.07) is 3.79. The third kappa shape index (κ3) is 2.94. The van der Waals surface area contributed by atoms with Crippen LogP contribution in [0.25, 0.3) is 0 Å².